The third-order valence-corrected chi connectivity index (χ3v) is 3.44. The van der Waals surface area contributed by atoms with E-state index in [0.717, 1.165) is 49.6 Å². The lowest BCUT2D eigenvalue weighted by molar-refractivity contribution is 0.674. The van der Waals surface area contributed by atoms with Crippen molar-refractivity contribution in [2.75, 3.05) is 6.54 Å². The maximum absolute atomic E-state index is 6.21. The van der Waals surface area contributed by atoms with Gasteiger partial charge in [0.1, 0.15) is 11.6 Å². The third kappa shape index (κ3) is 3.58. The normalized spacial score (nSPS) is 10.9. The largest absolute Gasteiger partial charge is 0.313 e. The van der Waals surface area contributed by atoms with Crippen LogP contribution >= 0.6 is 11.6 Å². The molecule has 20 heavy (non-hydrogen) atoms. The minimum absolute atomic E-state index is 0.703. The van der Waals surface area contributed by atoms with Crippen molar-refractivity contribution in [2.45, 2.75) is 39.7 Å². The minimum Gasteiger partial charge on any atom is -0.313 e. The molecule has 0 atom stereocenters. The third-order valence-electron chi connectivity index (χ3n) is 3.10. The molecule has 0 bridgehead atoms. The molecule has 4 nitrogen and oxygen atoms in total. The number of aromatic nitrogens is 3. The zero-order valence-corrected chi connectivity index (χ0v) is 12.8. The highest BCUT2D eigenvalue weighted by atomic mass is 35.5. The standard InChI is InChI=1S/C15H21ClN4/c1-3-5-14-18-7-8-20(14)15-9-12(10-17-6-4-2)13(16)11-19-15/h7-9,11,17H,3-6,10H2,1-2H3. The number of aryl methyl sites for hydroxylation is 1. The van der Waals surface area contributed by atoms with E-state index in [-0.39, 0.29) is 0 Å². The average Bonchev–Trinajstić information content (AvgIpc) is 2.90. The number of pyridine rings is 1. The van der Waals surface area contributed by atoms with Crippen molar-refractivity contribution in [2.24, 2.45) is 0 Å². The Bertz CT molecular complexity index is 551. The monoisotopic (exact) mass is 292 g/mol. The Morgan fingerprint density at radius 1 is 1.25 bits per heavy atom. The fraction of sp³-hybridized carbons (Fsp3) is 0.467. The second-order valence-electron chi connectivity index (χ2n) is 4.77. The highest BCUT2D eigenvalue weighted by molar-refractivity contribution is 6.31. The summed E-state index contributed by atoms with van der Waals surface area (Å²) < 4.78 is 2.03. The Labute approximate surface area is 125 Å². The SMILES string of the molecule is CCCNCc1cc(-n2ccnc2CCC)ncc1Cl. The predicted octanol–water partition coefficient (Wildman–Crippen LogP) is 3.37. The summed E-state index contributed by atoms with van der Waals surface area (Å²) in [7, 11) is 0. The van der Waals surface area contributed by atoms with Gasteiger partial charge in [-0.2, -0.15) is 0 Å². The van der Waals surface area contributed by atoms with E-state index < -0.39 is 0 Å². The van der Waals surface area contributed by atoms with Crippen molar-refractivity contribution in [3.8, 4) is 5.82 Å². The smallest absolute Gasteiger partial charge is 0.138 e. The van der Waals surface area contributed by atoms with E-state index in [9.17, 15) is 0 Å². The Morgan fingerprint density at radius 3 is 2.85 bits per heavy atom. The summed E-state index contributed by atoms with van der Waals surface area (Å²) in [4.78, 5) is 8.80. The van der Waals surface area contributed by atoms with E-state index in [1.165, 1.54) is 0 Å². The van der Waals surface area contributed by atoms with E-state index in [0.29, 0.717) is 5.02 Å². The lowest BCUT2D eigenvalue weighted by Gasteiger charge is -2.10. The van der Waals surface area contributed by atoms with Crippen LogP contribution in [-0.2, 0) is 13.0 Å². The van der Waals surface area contributed by atoms with Gasteiger partial charge >= 0.3 is 0 Å². The Kier molecular flexibility index (Phi) is 5.56. The van der Waals surface area contributed by atoms with Crippen LogP contribution in [0.2, 0.25) is 5.02 Å². The molecule has 2 rings (SSSR count). The molecule has 1 N–H and O–H groups in total. The van der Waals surface area contributed by atoms with Crippen LogP contribution in [0.25, 0.3) is 5.82 Å². The summed E-state index contributed by atoms with van der Waals surface area (Å²) in [5.74, 6) is 1.92. The van der Waals surface area contributed by atoms with Crippen LogP contribution < -0.4 is 5.32 Å². The molecule has 0 fully saturated rings. The zero-order valence-electron chi connectivity index (χ0n) is 12.1. The van der Waals surface area contributed by atoms with Crippen LogP contribution in [0.4, 0.5) is 0 Å². The Hall–Kier alpha value is -1.39. The van der Waals surface area contributed by atoms with Crippen LogP contribution in [0.15, 0.2) is 24.7 Å². The number of halogens is 1. The molecule has 0 saturated carbocycles. The molecule has 0 saturated heterocycles. The van der Waals surface area contributed by atoms with Gasteiger partial charge in [0, 0.05) is 31.6 Å². The molecule has 0 radical (unpaired) electrons. The number of rotatable bonds is 7. The van der Waals surface area contributed by atoms with Crippen molar-refractivity contribution >= 4 is 11.6 Å². The Morgan fingerprint density at radius 2 is 2.10 bits per heavy atom. The molecule has 2 aromatic rings. The predicted molar refractivity (Wildman–Crippen MR) is 82.4 cm³/mol. The molecule has 0 aliphatic rings. The molecule has 5 heteroatoms. The van der Waals surface area contributed by atoms with Gasteiger partial charge in [-0.15, -0.1) is 0 Å². The van der Waals surface area contributed by atoms with Gasteiger partial charge in [-0.1, -0.05) is 25.4 Å². The van der Waals surface area contributed by atoms with Crippen LogP contribution in [0, 0.1) is 0 Å². The quantitative estimate of drug-likeness (QED) is 0.796. The van der Waals surface area contributed by atoms with E-state index in [1.54, 1.807) is 6.20 Å². The number of imidazole rings is 1. The van der Waals surface area contributed by atoms with E-state index in [2.05, 4.69) is 29.1 Å². The van der Waals surface area contributed by atoms with Crippen molar-refractivity contribution < 1.29 is 0 Å². The summed E-state index contributed by atoms with van der Waals surface area (Å²) in [6, 6.07) is 2.03. The van der Waals surface area contributed by atoms with Gasteiger partial charge in [0.05, 0.1) is 5.02 Å². The average molecular weight is 293 g/mol. The summed E-state index contributed by atoms with van der Waals surface area (Å²) in [6.07, 6.45) is 8.60. The van der Waals surface area contributed by atoms with Crippen molar-refractivity contribution in [1.82, 2.24) is 19.9 Å². The van der Waals surface area contributed by atoms with Gasteiger partial charge in [-0.3, -0.25) is 4.57 Å². The van der Waals surface area contributed by atoms with Gasteiger partial charge in [-0.25, -0.2) is 9.97 Å². The van der Waals surface area contributed by atoms with Crippen LogP contribution in [0.3, 0.4) is 0 Å². The highest BCUT2D eigenvalue weighted by Gasteiger charge is 2.08. The second kappa shape index (κ2) is 7.41. The van der Waals surface area contributed by atoms with E-state index in [4.69, 9.17) is 11.6 Å². The van der Waals surface area contributed by atoms with Crippen LogP contribution in [-0.4, -0.2) is 21.1 Å². The maximum Gasteiger partial charge on any atom is 0.138 e. The molecule has 0 aromatic carbocycles. The van der Waals surface area contributed by atoms with Gasteiger partial charge in [0.15, 0.2) is 0 Å². The molecule has 0 spiro atoms. The van der Waals surface area contributed by atoms with Gasteiger partial charge in [0.25, 0.3) is 0 Å². The second-order valence-corrected chi connectivity index (χ2v) is 5.18. The zero-order chi connectivity index (χ0) is 14.4. The first-order chi connectivity index (χ1) is 9.76. The fourth-order valence-corrected chi connectivity index (χ4v) is 2.26. The van der Waals surface area contributed by atoms with Crippen molar-refractivity contribution in [3.63, 3.8) is 0 Å². The van der Waals surface area contributed by atoms with Gasteiger partial charge < -0.3 is 5.32 Å². The summed E-state index contributed by atoms with van der Waals surface area (Å²) in [5, 5.41) is 4.07. The number of nitrogens with zero attached hydrogens (tertiary/aromatic N) is 3. The van der Waals surface area contributed by atoms with Crippen molar-refractivity contribution in [3.05, 3.63) is 41.1 Å². The van der Waals surface area contributed by atoms with Crippen LogP contribution in [0.1, 0.15) is 38.1 Å². The molecular weight excluding hydrogens is 272 g/mol. The topological polar surface area (TPSA) is 42.7 Å². The lowest BCUT2D eigenvalue weighted by atomic mass is 10.2. The first-order valence-electron chi connectivity index (χ1n) is 7.14. The van der Waals surface area contributed by atoms with E-state index in [1.807, 2.05) is 23.0 Å². The fourth-order valence-electron chi connectivity index (χ4n) is 2.09. The summed E-state index contributed by atoms with van der Waals surface area (Å²) >= 11 is 6.21. The van der Waals surface area contributed by atoms with Gasteiger partial charge in [0.2, 0.25) is 0 Å². The molecule has 2 heterocycles. The molecule has 108 valence electrons. The molecular formula is C15H21ClN4. The first kappa shape index (κ1) is 15.0. The molecule has 2 aromatic heterocycles. The summed E-state index contributed by atoms with van der Waals surface area (Å²) in [6.45, 7) is 6.05. The van der Waals surface area contributed by atoms with Crippen LogP contribution in [0.5, 0.6) is 0 Å². The summed E-state index contributed by atoms with van der Waals surface area (Å²) in [5.41, 5.74) is 1.07. The Balaban J connectivity index is 2.23. The lowest BCUT2D eigenvalue weighted by Crippen LogP contribution is -2.14. The maximum atomic E-state index is 6.21. The molecule has 0 aliphatic heterocycles. The first-order valence-corrected chi connectivity index (χ1v) is 7.51. The number of hydrogen-bond donors (Lipinski definition) is 1. The van der Waals surface area contributed by atoms with Crippen molar-refractivity contribution in [1.29, 1.82) is 0 Å². The number of nitrogens with one attached hydrogen (secondary N) is 1. The van der Waals surface area contributed by atoms with Gasteiger partial charge in [-0.05, 0) is 31.0 Å². The minimum atomic E-state index is 0.703. The van der Waals surface area contributed by atoms with E-state index >= 15 is 0 Å². The molecule has 0 amide bonds. The number of hydrogen-bond acceptors (Lipinski definition) is 3. The molecule has 0 aliphatic carbocycles. The highest BCUT2D eigenvalue weighted by Crippen LogP contribution is 2.18. The molecule has 0 unspecified atom stereocenters.